The highest BCUT2D eigenvalue weighted by molar-refractivity contribution is 14.1. The maximum Gasteiger partial charge on any atom is 0.247 e. The highest BCUT2D eigenvalue weighted by atomic mass is 127. The molecular formula is C26H28ClIN2O7. The van der Waals surface area contributed by atoms with Gasteiger partial charge >= 0.3 is 0 Å². The number of hydrogen-bond donors (Lipinski definition) is 3. The quantitative estimate of drug-likeness (QED) is 0.269. The van der Waals surface area contributed by atoms with Crippen LogP contribution in [0.25, 0.3) is 0 Å². The molecule has 1 aliphatic carbocycles. The van der Waals surface area contributed by atoms with Crippen molar-refractivity contribution in [1.29, 1.82) is 0 Å². The molecule has 0 saturated carbocycles. The summed E-state index contributed by atoms with van der Waals surface area (Å²) in [5.41, 5.74) is 1.49. The van der Waals surface area contributed by atoms with E-state index in [1.54, 1.807) is 30.3 Å². The summed E-state index contributed by atoms with van der Waals surface area (Å²) in [7, 11) is 1.43. The number of amides is 2. The van der Waals surface area contributed by atoms with E-state index < -0.39 is 24.2 Å². The predicted octanol–water partition coefficient (Wildman–Crippen LogP) is 2.73. The molecule has 1 aliphatic rings. The van der Waals surface area contributed by atoms with E-state index in [4.69, 9.17) is 26.2 Å². The average Bonchev–Trinajstić information content (AvgIpc) is 2.88. The zero-order valence-electron chi connectivity index (χ0n) is 20.3. The number of methoxy groups -OCH3 is 1. The standard InChI is InChI=1S/C26H28ClIN2O7/c1-15(33)30(13-16-3-5-19(27)6-4-16)21-11-18(26(35)29-7-8-31)12-22(24(21)34)37-25-20(28)9-17(14-32)10-23(25)36-2/h3-6,9-10,12,14,21-22,24,31,34H,7-8,11,13H2,1-2H3,(H,29,35)/t21-,22+,24+/m1/s1. The Bertz CT molecular complexity index is 1170. The monoisotopic (exact) mass is 642 g/mol. The van der Waals surface area contributed by atoms with Crippen LogP contribution in [0.15, 0.2) is 48.0 Å². The van der Waals surface area contributed by atoms with Gasteiger partial charge in [-0.1, -0.05) is 23.7 Å². The van der Waals surface area contributed by atoms with Gasteiger partial charge in [-0.2, -0.15) is 0 Å². The third-order valence-electron chi connectivity index (χ3n) is 5.93. The van der Waals surface area contributed by atoms with E-state index in [1.807, 2.05) is 22.6 Å². The fraction of sp³-hybridized carbons (Fsp3) is 0.346. The highest BCUT2D eigenvalue weighted by Crippen LogP contribution is 2.37. The predicted molar refractivity (Wildman–Crippen MR) is 146 cm³/mol. The summed E-state index contributed by atoms with van der Waals surface area (Å²) in [6, 6.07) is 9.32. The van der Waals surface area contributed by atoms with Crippen molar-refractivity contribution in [2.45, 2.75) is 38.1 Å². The molecule has 9 nitrogen and oxygen atoms in total. The fourth-order valence-electron chi connectivity index (χ4n) is 4.09. The zero-order valence-corrected chi connectivity index (χ0v) is 23.2. The summed E-state index contributed by atoms with van der Waals surface area (Å²) >= 11 is 7.99. The van der Waals surface area contributed by atoms with E-state index in [0.717, 1.165) is 5.56 Å². The van der Waals surface area contributed by atoms with Crippen molar-refractivity contribution in [3.63, 3.8) is 0 Å². The lowest BCUT2D eigenvalue weighted by Gasteiger charge is -2.40. The van der Waals surface area contributed by atoms with Gasteiger partial charge in [0, 0.05) is 42.6 Å². The van der Waals surface area contributed by atoms with E-state index >= 15 is 0 Å². The highest BCUT2D eigenvalue weighted by Gasteiger charge is 2.40. The van der Waals surface area contributed by atoms with Crippen LogP contribution < -0.4 is 14.8 Å². The first-order valence-electron chi connectivity index (χ1n) is 11.5. The molecule has 0 heterocycles. The van der Waals surface area contributed by atoms with Crippen LogP contribution in [0.5, 0.6) is 11.5 Å². The second-order valence-electron chi connectivity index (χ2n) is 8.44. The van der Waals surface area contributed by atoms with Gasteiger partial charge in [-0.15, -0.1) is 0 Å². The third kappa shape index (κ3) is 7.22. The number of nitrogens with zero attached hydrogens (tertiary/aromatic N) is 1. The van der Waals surface area contributed by atoms with Gasteiger partial charge < -0.3 is 29.9 Å². The minimum atomic E-state index is -1.20. The molecule has 11 heteroatoms. The van der Waals surface area contributed by atoms with Gasteiger partial charge in [0.2, 0.25) is 11.8 Å². The Morgan fingerprint density at radius 3 is 2.57 bits per heavy atom. The molecule has 0 aliphatic heterocycles. The Hall–Kier alpha value is -2.67. The number of benzene rings is 2. The molecule has 2 aromatic rings. The molecule has 3 N–H and O–H groups in total. The topological polar surface area (TPSA) is 125 Å². The number of aliphatic hydroxyl groups is 2. The molecule has 0 unspecified atom stereocenters. The lowest BCUT2D eigenvalue weighted by molar-refractivity contribution is -0.137. The summed E-state index contributed by atoms with van der Waals surface area (Å²) in [6.07, 6.45) is 0.0499. The van der Waals surface area contributed by atoms with Crippen LogP contribution in [0.1, 0.15) is 29.3 Å². The van der Waals surface area contributed by atoms with E-state index in [1.165, 1.54) is 31.1 Å². The Morgan fingerprint density at radius 2 is 1.97 bits per heavy atom. The lowest BCUT2D eigenvalue weighted by atomic mass is 9.88. The first-order chi connectivity index (χ1) is 17.7. The van der Waals surface area contributed by atoms with E-state index in [0.29, 0.717) is 26.0 Å². The van der Waals surface area contributed by atoms with Crippen LogP contribution >= 0.6 is 34.2 Å². The fourth-order valence-corrected chi connectivity index (χ4v) is 4.96. The minimum absolute atomic E-state index is 0.0506. The number of halogens is 2. The van der Waals surface area contributed by atoms with Gasteiger partial charge in [0.05, 0.1) is 23.3 Å². The number of nitrogens with one attached hydrogen (secondary N) is 1. The average molecular weight is 643 g/mol. The van der Waals surface area contributed by atoms with Gasteiger partial charge in [-0.25, -0.2) is 0 Å². The van der Waals surface area contributed by atoms with Crippen molar-refractivity contribution in [1.82, 2.24) is 10.2 Å². The molecule has 0 aromatic heterocycles. The van der Waals surface area contributed by atoms with Crippen molar-refractivity contribution in [3.8, 4) is 11.5 Å². The normalized spacial score (nSPS) is 19.0. The third-order valence-corrected chi connectivity index (χ3v) is 6.98. The van der Waals surface area contributed by atoms with Crippen LogP contribution in [0.3, 0.4) is 0 Å². The molecule has 37 heavy (non-hydrogen) atoms. The van der Waals surface area contributed by atoms with E-state index in [9.17, 15) is 19.5 Å². The molecule has 0 spiro atoms. The number of aliphatic hydroxyl groups excluding tert-OH is 2. The Balaban J connectivity index is 1.99. The van der Waals surface area contributed by atoms with Crippen molar-refractivity contribution < 1.29 is 34.1 Å². The molecule has 0 radical (unpaired) electrons. The number of aldehydes is 1. The summed E-state index contributed by atoms with van der Waals surface area (Å²) in [5, 5.41) is 23.7. The van der Waals surface area contributed by atoms with Crippen LogP contribution in [0.2, 0.25) is 5.02 Å². The van der Waals surface area contributed by atoms with Crippen molar-refractivity contribution in [3.05, 3.63) is 67.8 Å². The number of hydrogen-bond acceptors (Lipinski definition) is 7. The maximum atomic E-state index is 12.9. The van der Waals surface area contributed by atoms with Crippen molar-refractivity contribution in [2.75, 3.05) is 20.3 Å². The molecule has 2 amide bonds. The van der Waals surface area contributed by atoms with E-state index in [-0.39, 0.29) is 43.5 Å². The van der Waals surface area contributed by atoms with Gasteiger partial charge in [-0.3, -0.25) is 14.4 Å². The molecule has 3 atom stereocenters. The molecule has 198 valence electrons. The number of ether oxygens (including phenoxy) is 2. The van der Waals surface area contributed by atoms with Crippen LogP contribution in [0.4, 0.5) is 0 Å². The second-order valence-corrected chi connectivity index (χ2v) is 10.0. The molecule has 2 aromatic carbocycles. The molecular weight excluding hydrogens is 615 g/mol. The minimum Gasteiger partial charge on any atom is -0.493 e. The van der Waals surface area contributed by atoms with Gasteiger partial charge in [0.25, 0.3) is 0 Å². The SMILES string of the molecule is COc1cc(C=O)cc(I)c1O[C@H]1C=C(C(=O)NCCO)C[C@@H](N(Cc2ccc(Cl)cc2)C(C)=O)[C@@H]1O. The van der Waals surface area contributed by atoms with E-state index in [2.05, 4.69) is 5.32 Å². The lowest BCUT2D eigenvalue weighted by Crippen LogP contribution is -2.54. The second kappa shape index (κ2) is 13.2. The molecule has 0 bridgehead atoms. The van der Waals surface area contributed by atoms with Crippen molar-refractivity contribution >= 4 is 52.3 Å². The van der Waals surface area contributed by atoms with Gasteiger partial charge in [0.1, 0.15) is 18.5 Å². The van der Waals surface area contributed by atoms with Gasteiger partial charge in [-0.05, 0) is 58.5 Å². The first kappa shape index (κ1) is 28.9. The smallest absolute Gasteiger partial charge is 0.247 e. The summed E-state index contributed by atoms with van der Waals surface area (Å²) in [6.45, 7) is 1.39. The summed E-state index contributed by atoms with van der Waals surface area (Å²) in [5.74, 6) is -0.158. The number of carbonyl (C=O) groups excluding carboxylic acids is 3. The van der Waals surface area contributed by atoms with Gasteiger partial charge in [0.15, 0.2) is 11.5 Å². The number of rotatable bonds is 10. The Kier molecular flexibility index (Phi) is 10.3. The summed E-state index contributed by atoms with van der Waals surface area (Å²) in [4.78, 5) is 38.4. The van der Waals surface area contributed by atoms with Crippen LogP contribution in [-0.2, 0) is 16.1 Å². The number of carbonyl (C=O) groups is 3. The Labute approximate surface area is 233 Å². The molecule has 0 fully saturated rings. The molecule has 3 rings (SSSR count). The largest absolute Gasteiger partial charge is 0.493 e. The zero-order chi connectivity index (χ0) is 27.1. The Morgan fingerprint density at radius 1 is 1.27 bits per heavy atom. The van der Waals surface area contributed by atoms with Crippen LogP contribution in [0, 0.1) is 3.57 Å². The first-order valence-corrected chi connectivity index (χ1v) is 12.9. The molecule has 0 saturated heterocycles. The van der Waals surface area contributed by atoms with Crippen LogP contribution in [-0.4, -0.2) is 71.7 Å². The maximum absolute atomic E-state index is 12.9. The van der Waals surface area contributed by atoms with Crippen molar-refractivity contribution in [2.24, 2.45) is 0 Å². The summed E-state index contributed by atoms with van der Waals surface area (Å²) < 4.78 is 12.1.